The highest BCUT2D eigenvalue weighted by molar-refractivity contribution is 5.92. The third kappa shape index (κ3) is 5.34. The number of aromatic nitrogens is 3. The standard InChI is InChI=1S/C32H28N6O3/c39-32(18-22-1-8-29-30(17-22)41-21-40-29)35-25-5-2-23(3-6-25)24-4-7-27-28(19-24)36-31(20-34-27)38-15-13-37(14-16-38)26-9-11-33-12-10-26/h1-12,17,19-20H,13-16,18,21H2,(H,35,39). The maximum atomic E-state index is 12.6. The predicted molar refractivity (Wildman–Crippen MR) is 159 cm³/mol. The van der Waals surface area contributed by atoms with E-state index >= 15 is 0 Å². The number of piperazine rings is 1. The molecule has 2 aliphatic rings. The van der Waals surface area contributed by atoms with Crippen molar-refractivity contribution in [2.24, 2.45) is 0 Å². The Morgan fingerprint density at radius 1 is 0.780 bits per heavy atom. The highest BCUT2D eigenvalue weighted by atomic mass is 16.7. The van der Waals surface area contributed by atoms with E-state index in [0.717, 1.165) is 65.4 Å². The van der Waals surface area contributed by atoms with Crippen molar-refractivity contribution in [1.82, 2.24) is 15.0 Å². The Kier molecular flexibility index (Phi) is 6.52. The van der Waals surface area contributed by atoms with Crippen LogP contribution >= 0.6 is 0 Å². The van der Waals surface area contributed by atoms with Crippen molar-refractivity contribution in [2.45, 2.75) is 6.42 Å². The van der Waals surface area contributed by atoms with Crippen LogP contribution in [0.3, 0.4) is 0 Å². The van der Waals surface area contributed by atoms with Crippen LogP contribution in [0.15, 0.2) is 91.4 Å². The molecule has 1 N–H and O–H groups in total. The molecule has 2 aromatic heterocycles. The van der Waals surface area contributed by atoms with Crippen molar-refractivity contribution in [2.75, 3.05) is 48.1 Å². The minimum absolute atomic E-state index is 0.0910. The van der Waals surface area contributed by atoms with Gasteiger partial charge in [-0.05, 0) is 65.2 Å². The summed E-state index contributed by atoms with van der Waals surface area (Å²) in [5, 5.41) is 2.98. The fourth-order valence-electron chi connectivity index (χ4n) is 5.27. The van der Waals surface area contributed by atoms with Crippen molar-refractivity contribution in [3.8, 4) is 22.6 Å². The van der Waals surface area contributed by atoms with E-state index in [-0.39, 0.29) is 19.1 Å². The maximum absolute atomic E-state index is 12.6. The lowest BCUT2D eigenvalue weighted by atomic mass is 10.0. The summed E-state index contributed by atoms with van der Waals surface area (Å²) in [6, 6.07) is 23.6. The van der Waals surface area contributed by atoms with Crippen LogP contribution in [-0.4, -0.2) is 53.8 Å². The highest BCUT2D eigenvalue weighted by Crippen LogP contribution is 2.33. The molecule has 0 unspecified atom stereocenters. The predicted octanol–water partition coefficient (Wildman–Crippen LogP) is 4.93. The number of nitrogens with zero attached hydrogens (tertiary/aromatic N) is 5. The van der Waals surface area contributed by atoms with Gasteiger partial charge >= 0.3 is 0 Å². The number of amides is 1. The van der Waals surface area contributed by atoms with Crippen LogP contribution in [0.2, 0.25) is 0 Å². The van der Waals surface area contributed by atoms with Gasteiger partial charge in [-0.25, -0.2) is 4.98 Å². The van der Waals surface area contributed by atoms with E-state index in [1.165, 1.54) is 5.69 Å². The van der Waals surface area contributed by atoms with Gasteiger partial charge in [-0.2, -0.15) is 0 Å². The fraction of sp³-hybridized carbons (Fsp3) is 0.188. The lowest BCUT2D eigenvalue weighted by Gasteiger charge is -2.36. The van der Waals surface area contributed by atoms with Crippen molar-refractivity contribution in [1.29, 1.82) is 0 Å². The molecule has 0 atom stereocenters. The number of carbonyl (C=O) groups is 1. The number of hydrogen-bond acceptors (Lipinski definition) is 8. The number of fused-ring (bicyclic) bond motifs is 2. The van der Waals surface area contributed by atoms with E-state index < -0.39 is 0 Å². The number of carbonyl (C=O) groups excluding carboxylic acids is 1. The molecule has 41 heavy (non-hydrogen) atoms. The van der Waals surface area contributed by atoms with E-state index in [4.69, 9.17) is 14.5 Å². The molecule has 3 aromatic carbocycles. The van der Waals surface area contributed by atoms with Crippen LogP contribution in [0.4, 0.5) is 17.2 Å². The second kappa shape index (κ2) is 10.8. The van der Waals surface area contributed by atoms with Gasteiger partial charge in [-0.15, -0.1) is 0 Å². The average Bonchev–Trinajstić information content (AvgIpc) is 3.49. The van der Waals surface area contributed by atoms with E-state index in [1.807, 2.05) is 67.1 Å². The first-order chi connectivity index (χ1) is 20.2. The van der Waals surface area contributed by atoms with E-state index in [9.17, 15) is 4.79 Å². The summed E-state index contributed by atoms with van der Waals surface area (Å²) in [4.78, 5) is 31.0. The second-order valence-corrected chi connectivity index (χ2v) is 10.1. The molecule has 7 rings (SSSR count). The first kappa shape index (κ1) is 24.8. The van der Waals surface area contributed by atoms with Gasteiger partial charge < -0.3 is 24.6 Å². The third-order valence-electron chi connectivity index (χ3n) is 7.46. The van der Waals surface area contributed by atoms with Gasteiger partial charge in [0.25, 0.3) is 0 Å². The molecule has 0 spiro atoms. The Hall–Kier alpha value is -5.18. The molecule has 0 saturated carbocycles. The molecule has 4 heterocycles. The highest BCUT2D eigenvalue weighted by Gasteiger charge is 2.19. The zero-order valence-corrected chi connectivity index (χ0v) is 22.4. The first-order valence-electron chi connectivity index (χ1n) is 13.6. The molecular formula is C32H28N6O3. The quantitative estimate of drug-likeness (QED) is 0.322. The molecule has 9 heteroatoms. The Bertz CT molecular complexity index is 1700. The summed E-state index contributed by atoms with van der Waals surface area (Å²) in [7, 11) is 0. The number of benzene rings is 3. The number of nitrogens with one attached hydrogen (secondary N) is 1. The SMILES string of the molecule is O=C(Cc1ccc2c(c1)OCO2)Nc1ccc(-c2ccc3ncc(N4CCN(c5ccncc5)CC4)nc3c2)cc1. The molecule has 204 valence electrons. The van der Waals surface area contributed by atoms with Gasteiger partial charge in [0.2, 0.25) is 12.7 Å². The van der Waals surface area contributed by atoms with Crippen molar-refractivity contribution in [3.63, 3.8) is 0 Å². The Labute approximate surface area is 237 Å². The molecule has 1 fully saturated rings. The zero-order valence-electron chi connectivity index (χ0n) is 22.4. The van der Waals surface area contributed by atoms with E-state index in [2.05, 4.69) is 49.4 Å². The molecule has 1 amide bonds. The van der Waals surface area contributed by atoms with Crippen LogP contribution in [0.25, 0.3) is 22.2 Å². The van der Waals surface area contributed by atoms with Crippen molar-refractivity contribution >= 4 is 34.1 Å². The number of hydrogen-bond donors (Lipinski definition) is 1. The number of ether oxygens (including phenoxy) is 2. The van der Waals surface area contributed by atoms with Crippen LogP contribution in [0.1, 0.15) is 5.56 Å². The summed E-state index contributed by atoms with van der Waals surface area (Å²) in [6.45, 7) is 3.81. The van der Waals surface area contributed by atoms with Gasteiger partial charge in [0.05, 0.1) is 23.7 Å². The number of rotatable bonds is 6. The molecular weight excluding hydrogens is 516 g/mol. The Morgan fingerprint density at radius 2 is 1.54 bits per heavy atom. The molecule has 9 nitrogen and oxygen atoms in total. The number of pyridine rings is 1. The van der Waals surface area contributed by atoms with Gasteiger partial charge in [0.1, 0.15) is 5.82 Å². The zero-order chi connectivity index (χ0) is 27.6. The Morgan fingerprint density at radius 3 is 2.37 bits per heavy atom. The molecule has 0 radical (unpaired) electrons. The Balaban J connectivity index is 1.01. The maximum Gasteiger partial charge on any atom is 0.231 e. The summed E-state index contributed by atoms with van der Waals surface area (Å²) < 4.78 is 10.8. The largest absolute Gasteiger partial charge is 0.454 e. The van der Waals surface area contributed by atoms with Crippen LogP contribution in [-0.2, 0) is 11.2 Å². The molecule has 5 aromatic rings. The lowest BCUT2D eigenvalue weighted by molar-refractivity contribution is -0.115. The van der Waals surface area contributed by atoms with Crippen LogP contribution in [0.5, 0.6) is 11.5 Å². The van der Waals surface area contributed by atoms with Crippen molar-refractivity contribution in [3.05, 3.63) is 97.0 Å². The summed E-state index contributed by atoms with van der Waals surface area (Å²) in [5.41, 5.74) is 6.62. The fourth-order valence-corrected chi connectivity index (χ4v) is 5.27. The first-order valence-corrected chi connectivity index (χ1v) is 13.6. The van der Waals surface area contributed by atoms with Crippen LogP contribution in [0, 0.1) is 0 Å². The van der Waals surface area contributed by atoms with E-state index in [1.54, 1.807) is 0 Å². The summed E-state index contributed by atoms with van der Waals surface area (Å²) >= 11 is 0. The topological polar surface area (TPSA) is 92.7 Å². The summed E-state index contributed by atoms with van der Waals surface area (Å²) in [5.74, 6) is 2.19. The normalized spacial score (nSPS) is 14.3. The minimum atomic E-state index is -0.0910. The lowest BCUT2D eigenvalue weighted by Crippen LogP contribution is -2.46. The molecule has 1 saturated heterocycles. The number of anilines is 3. The van der Waals surface area contributed by atoms with Crippen LogP contribution < -0.4 is 24.6 Å². The average molecular weight is 545 g/mol. The smallest absolute Gasteiger partial charge is 0.231 e. The third-order valence-corrected chi connectivity index (χ3v) is 7.46. The monoisotopic (exact) mass is 544 g/mol. The minimum Gasteiger partial charge on any atom is -0.454 e. The molecule has 0 aliphatic carbocycles. The van der Waals surface area contributed by atoms with Gasteiger partial charge in [-0.3, -0.25) is 14.8 Å². The second-order valence-electron chi connectivity index (χ2n) is 10.1. The summed E-state index contributed by atoms with van der Waals surface area (Å²) in [6.07, 6.45) is 5.79. The van der Waals surface area contributed by atoms with Gasteiger partial charge in [-0.1, -0.05) is 24.3 Å². The van der Waals surface area contributed by atoms with Gasteiger partial charge in [0.15, 0.2) is 11.5 Å². The molecule has 0 bridgehead atoms. The van der Waals surface area contributed by atoms with E-state index in [0.29, 0.717) is 11.5 Å². The molecule has 2 aliphatic heterocycles. The van der Waals surface area contributed by atoms with Gasteiger partial charge in [0, 0.05) is 49.9 Å². The van der Waals surface area contributed by atoms with Crippen molar-refractivity contribution < 1.29 is 14.3 Å².